The van der Waals surface area contributed by atoms with E-state index in [4.69, 9.17) is 27.9 Å². The smallest absolute Gasteiger partial charge is 0.216 e. The first-order valence-corrected chi connectivity index (χ1v) is 6.43. The van der Waals surface area contributed by atoms with Crippen LogP contribution in [-0.2, 0) is 6.54 Å². The van der Waals surface area contributed by atoms with Crippen LogP contribution in [0.2, 0.25) is 10.0 Å². The minimum absolute atomic E-state index is 0.238. The number of carbonyl (C=O) groups is 1. The van der Waals surface area contributed by atoms with Gasteiger partial charge in [-0.05, 0) is 25.1 Å². The van der Waals surface area contributed by atoms with Crippen LogP contribution < -0.4 is 4.74 Å². The molecule has 6 heteroatoms. The second-order valence-electron chi connectivity index (χ2n) is 3.83. The van der Waals surface area contributed by atoms with Gasteiger partial charge in [0.2, 0.25) is 5.78 Å². The first-order valence-electron chi connectivity index (χ1n) is 5.68. The molecular weight excluding hydrogens is 287 g/mol. The van der Waals surface area contributed by atoms with Crippen LogP contribution in [0.15, 0.2) is 24.4 Å². The lowest BCUT2D eigenvalue weighted by atomic mass is 10.1. The van der Waals surface area contributed by atoms with Crippen LogP contribution in [0.4, 0.5) is 0 Å². The molecule has 100 valence electrons. The van der Waals surface area contributed by atoms with Crippen LogP contribution in [0.1, 0.15) is 23.0 Å². The van der Waals surface area contributed by atoms with E-state index in [1.807, 2.05) is 6.92 Å². The Morgan fingerprint density at radius 3 is 2.74 bits per heavy atom. The number of ketones is 1. The van der Waals surface area contributed by atoms with Crippen molar-refractivity contribution in [2.24, 2.45) is 0 Å². The van der Waals surface area contributed by atoms with Gasteiger partial charge in [0.25, 0.3) is 0 Å². The Kier molecular flexibility index (Phi) is 4.12. The molecule has 0 aliphatic carbocycles. The average molecular weight is 299 g/mol. The van der Waals surface area contributed by atoms with E-state index in [9.17, 15) is 4.79 Å². The third-order valence-corrected chi connectivity index (χ3v) is 3.26. The van der Waals surface area contributed by atoms with Gasteiger partial charge in [-0.15, -0.1) is 0 Å². The van der Waals surface area contributed by atoms with Crippen molar-refractivity contribution < 1.29 is 9.53 Å². The van der Waals surface area contributed by atoms with Gasteiger partial charge in [-0.1, -0.05) is 23.2 Å². The number of aromatic nitrogens is 2. The van der Waals surface area contributed by atoms with Gasteiger partial charge in [0, 0.05) is 17.1 Å². The highest BCUT2D eigenvalue weighted by Gasteiger charge is 2.22. The Bertz CT molecular complexity index is 602. The molecule has 0 radical (unpaired) electrons. The maximum atomic E-state index is 12.5. The molecule has 0 atom stereocenters. The Morgan fingerprint density at radius 2 is 2.16 bits per heavy atom. The fourth-order valence-electron chi connectivity index (χ4n) is 1.79. The van der Waals surface area contributed by atoms with E-state index in [1.54, 1.807) is 16.8 Å². The third-order valence-electron chi connectivity index (χ3n) is 2.72. The van der Waals surface area contributed by atoms with Gasteiger partial charge in [-0.2, -0.15) is 5.10 Å². The summed E-state index contributed by atoms with van der Waals surface area (Å²) in [5.74, 6) is 0.190. The third kappa shape index (κ3) is 2.60. The molecule has 1 aromatic heterocycles. The Hall–Kier alpha value is -1.52. The van der Waals surface area contributed by atoms with E-state index in [2.05, 4.69) is 5.10 Å². The van der Waals surface area contributed by atoms with Crippen molar-refractivity contribution in [3.8, 4) is 5.75 Å². The van der Waals surface area contributed by atoms with E-state index in [1.165, 1.54) is 19.4 Å². The number of methoxy groups -OCH3 is 1. The molecule has 2 aromatic rings. The molecule has 2 rings (SSSR count). The number of benzene rings is 1. The lowest BCUT2D eigenvalue weighted by molar-refractivity contribution is 0.102. The second-order valence-corrected chi connectivity index (χ2v) is 4.67. The first kappa shape index (κ1) is 13.9. The van der Waals surface area contributed by atoms with Crippen LogP contribution in [0.5, 0.6) is 5.75 Å². The fourth-order valence-corrected chi connectivity index (χ4v) is 2.28. The molecule has 0 unspecified atom stereocenters. The minimum Gasteiger partial charge on any atom is -0.493 e. The topological polar surface area (TPSA) is 44.1 Å². The maximum Gasteiger partial charge on any atom is 0.216 e. The van der Waals surface area contributed by atoms with Gasteiger partial charge in [-0.3, -0.25) is 9.48 Å². The number of rotatable bonds is 4. The molecule has 0 spiro atoms. The number of aryl methyl sites for hydroxylation is 1. The predicted octanol–water partition coefficient (Wildman–Crippen LogP) is 3.45. The summed E-state index contributed by atoms with van der Waals surface area (Å²) in [5.41, 5.74) is 0.758. The zero-order valence-corrected chi connectivity index (χ0v) is 12.0. The van der Waals surface area contributed by atoms with Crippen LogP contribution in [0, 0.1) is 0 Å². The summed E-state index contributed by atoms with van der Waals surface area (Å²) in [4.78, 5) is 12.5. The van der Waals surface area contributed by atoms with Crippen LogP contribution >= 0.6 is 23.2 Å². The highest BCUT2D eigenvalue weighted by molar-refractivity contribution is 6.37. The van der Waals surface area contributed by atoms with Crippen LogP contribution in [0.25, 0.3) is 0 Å². The highest BCUT2D eigenvalue weighted by Crippen LogP contribution is 2.27. The number of hydrogen-bond acceptors (Lipinski definition) is 3. The molecule has 0 saturated heterocycles. The molecule has 4 nitrogen and oxygen atoms in total. The van der Waals surface area contributed by atoms with Crippen molar-refractivity contribution >= 4 is 29.0 Å². The monoisotopic (exact) mass is 298 g/mol. The van der Waals surface area contributed by atoms with Crippen molar-refractivity contribution in [2.45, 2.75) is 13.5 Å². The van der Waals surface area contributed by atoms with E-state index < -0.39 is 0 Å². The molecule has 1 aromatic carbocycles. The normalized spacial score (nSPS) is 10.5. The summed E-state index contributed by atoms with van der Waals surface area (Å²) in [6.07, 6.45) is 1.51. The van der Waals surface area contributed by atoms with Crippen molar-refractivity contribution in [1.29, 1.82) is 0 Å². The summed E-state index contributed by atoms with van der Waals surface area (Å²) >= 11 is 11.9. The minimum atomic E-state index is -0.238. The fraction of sp³-hybridized carbons (Fsp3) is 0.231. The molecule has 0 bridgehead atoms. The quantitative estimate of drug-likeness (QED) is 0.812. The molecule has 19 heavy (non-hydrogen) atoms. The summed E-state index contributed by atoms with van der Waals surface area (Å²) in [6, 6.07) is 4.76. The van der Waals surface area contributed by atoms with E-state index in [-0.39, 0.29) is 5.78 Å². The van der Waals surface area contributed by atoms with Crippen molar-refractivity contribution in [2.75, 3.05) is 7.11 Å². The van der Waals surface area contributed by atoms with Gasteiger partial charge >= 0.3 is 0 Å². The van der Waals surface area contributed by atoms with Crippen LogP contribution in [-0.4, -0.2) is 22.7 Å². The van der Waals surface area contributed by atoms with Gasteiger partial charge in [-0.25, -0.2) is 0 Å². The maximum absolute atomic E-state index is 12.5. The number of hydrogen-bond donors (Lipinski definition) is 0. The molecule has 1 heterocycles. The van der Waals surface area contributed by atoms with Crippen molar-refractivity contribution in [1.82, 2.24) is 9.78 Å². The Labute approximate surface area is 120 Å². The predicted molar refractivity (Wildman–Crippen MR) is 74.3 cm³/mol. The molecule has 0 saturated carbocycles. The van der Waals surface area contributed by atoms with Gasteiger partial charge in [0.05, 0.1) is 18.3 Å². The second kappa shape index (κ2) is 5.63. The Balaban J connectivity index is 2.52. The number of nitrogens with zero attached hydrogens (tertiary/aromatic N) is 2. The summed E-state index contributed by atoms with van der Waals surface area (Å²) in [7, 11) is 1.50. The Morgan fingerprint density at radius 1 is 1.42 bits per heavy atom. The summed E-state index contributed by atoms with van der Waals surface area (Å²) in [6.45, 7) is 2.46. The molecular formula is C13H12Cl2N2O2. The lowest BCUT2D eigenvalue weighted by Gasteiger charge is -2.08. The standard InChI is InChI=1S/C13H12Cl2N2O2/c1-3-17-12(11(19-2)7-16-17)13(18)9-5-4-8(14)6-10(9)15/h4-7H,3H2,1-2H3. The van der Waals surface area contributed by atoms with Gasteiger partial charge < -0.3 is 4.74 Å². The largest absolute Gasteiger partial charge is 0.493 e. The highest BCUT2D eigenvalue weighted by atomic mass is 35.5. The van der Waals surface area contributed by atoms with Crippen molar-refractivity contribution in [3.63, 3.8) is 0 Å². The van der Waals surface area contributed by atoms with E-state index >= 15 is 0 Å². The summed E-state index contributed by atoms with van der Waals surface area (Å²) in [5, 5.41) is 4.89. The van der Waals surface area contributed by atoms with Crippen LogP contribution in [0.3, 0.4) is 0 Å². The average Bonchev–Trinajstić information content (AvgIpc) is 2.80. The van der Waals surface area contributed by atoms with Crippen molar-refractivity contribution in [3.05, 3.63) is 45.7 Å². The molecule has 0 N–H and O–H groups in total. The van der Waals surface area contributed by atoms with Gasteiger partial charge in [0.1, 0.15) is 0 Å². The molecule has 0 aliphatic heterocycles. The van der Waals surface area contributed by atoms with E-state index in [0.717, 1.165) is 0 Å². The summed E-state index contributed by atoms with van der Waals surface area (Å²) < 4.78 is 6.74. The zero-order valence-electron chi connectivity index (χ0n) is 10.5. The van der Waals surface area contributed by atoms with E-state index in [0.29, 0.717) is 33.6 Å². The number of ether oxygens (including phenoxy) is 1. The molecule has 0 fully saturated rings. The molecule has 0 amide bonds. The molecule has 0 aliphatic rings. The number of halogens is 2. The number of carbonyl (C=O) groups excluding carboxylic acids is 1. The first-order chi connectivity index (χ1) is 9.08. The van der Waals surface area contributed by atoms with Gasteiger partial charge in [0.15, 0.2) is 11.4 Å². The zero-order chi connectivity index (χ0) is 14.0. The lowest BCUT2D eigenvalue weighted by Crippen LogP contribution is -2.12. The SMILES string of the molecule is CCn1ncc(OC)c1C(=O)c1ccc(Cl)cc1Cl.